The van der Waals surface area contributed by atoms with Crippen molar-refractivity contribution < 1.29 is 14.4 Å². The van der Waals surface area contributed by atoms with Crippen LogP contribution in [0.5, 0.6) is 0 Å². The van der Waals surface area contributed by atoms with Gasteiger partial charge in [-0.15, -0.1) is 0 Å². The largest absolute Gasteiger partial charge is 0.341 e. The van der Waals surface area contributed by atoms with Crippen molar-refractivity contribution in [1.29, 1.82) is 0 Å². The number of carbonyl (C=O) groups is 3. The molecule has 0 saturated carbocycles. The Bertz CT molecular complexity index is 558. The zero-order valence-electron chi connectivity index (χ0n) is 15.5. The Labute approximate surface area is 154 Å². The first-order valence-electron chi connectivity index (χ1n) is 9.15. The van der Waals surface area contributed by atoms with Crippen molar-refractivity contribution in [2.45, 2.75) is 40.0 Å². The summed E-state index contributed by atoms with van der Waals surface area (Å²) in [5, 5.41) is -0.290. The molecule has 0 bridgehead atoms. The number of piperidine rings is 1. The maximum atomic E-state index is 12.6. The van der Waals surface area contributed by atoms with Gasteiger partial charge in [-0.3, -0.25) is 19.3 Å². The molecule has 0 radical (unpaired) electrons. The molecule has 0 N–H and O–H groups in total. The summed E-state index contributed by atoms with van der Waals surface area (Å²) in [6.07, 6.45) is 3.36. The summed E-state index contributed by atoms with van der Waals surface area (Å²) in [6.45, 7) is 11.5. The standard InChI is InChI=1S/C18H29N3O3S/c1-17(2,3)11-19-7-4-5-18(12-19)6-8-20(13-18)14(22)9-21-15(23)10-25-16(21)24/h4-13H2,1-3H3/t18-/m1/s1. The van der Waals surface area contributed by atoms with E-state index in [2.05, 4.69) is 25.7 Å². The third-order valence-corrected chi connectivity index (χ3v) is 6.22. The number of carbonyl (C=O) groups excluding carboxylic acids is 3. The van der Waals surface area contributed by atoms with Crippen LogP contribution in [-0.2, 0) is 9.59 Å². The molecule has 25 heavy (non-hydrogen) atoms. The van der Waals surface area contributed by atoms with Gasteiger partial charge in [0.15, 0.2) is 0 Å². The van der Waals surface area contributed by atoms with Gasteiger partial charge in [0.05, 0.1) is 5.75 Å². The van der Waals surface area contributed by atoms with Gasteiger partial charge in [0.25, 0.3) is 5.24 Å². The molecule has 7 heteroatoms. The van der Waals surface area contributed by atoms with Crippen LogP contribution >= 0.6 is 11.8 Å². The fraction of sp³-hybridized carbons (Fsp3) is 0.833. The third kappa shape index (κ3) is 4.37. The van der Waals surface area contributed by atoms with Gasteiger partial charge in [-0.05, 0) is 31.2 Å². The van der Waals surface area contributed by atoms with Crippen LogP contribution in [0.15, 0.2) is 0 Å². The van der Waals surface area contributed by atoms with Crippen LogP contribution < -0.4 is 0 Å². The first-order valence-corrected chi connectivity index (χ1v) is 10.1. The van der Waals surface area contributed by atoms with Crippen LogP contribution in [0.25, 0.3) is 0 Å². The quantitative estimate of drug-likeness (QED) is 0.764. The predicted octanol–water partition coefficient (Wildman–Crippen LogP) is 2.04. The van der Waals surface area contributed by atoms with E-state index in [0.29, 0.717) is 0 Å². The Hall–Kier alpha value is -1.08. The van der Waals surface area contributed by atoms with E-state index < -0.39 is 0 Å². The summed E-state index contributed by atoms with van der Waals surface area (Å²) < 4.78 is 0. The van der Waals surface area contributed by atoms with Crippen LogP contribution in [0.1, 0.15) is 40.0 Å². The van der Waals surface area contributed by atoms with E-state index in [1.54, 1.807) is 0 Å². The normalized spacial score (nSPS) is 28.4. The molecule has 0 aliphatic carbocycles. The van der Waals surface area contributed by atoms with Crippen molar-refractivity contribution in [3.05, 3.63) is 0 Å². The molecule has 3 saturated heterocycles. The zero-order chi connectivity index (χ0) is 18.2. The van der Waals surface area contributed by atoms with Crippen molar-refractivity contribution in [3.8, 4) is 0 Å². The van der Waals surface area contributed by atoms with Crippen molar-refractivity contribution in [3.63, 3.8) is 0 Å². The molecule has 3 heterocycles. The van der Waals surface area contributed by atoms with Gasteiger partial charge in [0, 0.05) is 31.6 Å². The molecule has 3 rings (SSSR count). The maximum absolute atomic E-state index is 12.6. The SMILES string of the molecule is CC(C)(C)CN1CCC[C@@]2(CCN(C(=O)CN3C(=O)CSC3=O)C2)C1. The first-order chi connectivity index (χ1) is 11.7. The molecule has 0 aromatic rings. The Kier molecular flexibility index (Phi) is 5.17. The average molecular weight is 368 g/mol. The van der Waals surface area contributed by atoms with Crippen molar-refractivity contribution in [1.82, 2.24) is 14.7 Å². The van der Waals surface area contributed by atoms with E-state index in [1.807, 2.05) is 4.90 Å². The van der Waals surface area contributed by atoms with Gasteiger partial charge >= 0.3 is 0 Å². The summed E-state index contributed by atoms with van der Waals surface area (Å²) in [4.78, 5) is 41.5. The number of thioether (sulfide) groups is 1. The molecule has 3 fully saturated rings. The second-order valence-corrected chi connectivity index (χ2v) is 9.90. The van der Waals surface area contributed by atoms with Crippen molar-refractivity contribution in [2.75, 3.05) is 45.0 Å². The van der Waals surface area contributed by atoms with Gasteiger partial charge in [-0.1, -0.05) is 32.5 Å². The van der Waals surface area contributed by atoms with Crippen molar-refractivity contribution in [2.24, 2.45) is 10.8 Å². The molecular weight excluding hydrogens is 338 g/mol. The smallest absolute Gasteiger partial charge is 0.289 e. The Morgan fingerprint density at radius 3 is 2.56 bits per heavy atom. The van der Waals surface area contributed by atoms with Crippen LogP contribution in [0.2, 0.25) is 0 Å². The highest BCUT2D eigenvalue weighted by molar-refractivity contribution is 8.14. The number of nitrogens with zero attached hydrogens (tertiary/aromatic N) is 3. The summed E-state index contributed by atoms with van der Waals surface area (Å²) in [7, 11) is 0. The highest BCUT2D eigenvalue weighted by atomic mass is 32.2. The van der Waals surface area contributed by atoms with Crippen molar-refractivity contribution >= 4 is 28.8 Å². The van der Waals surface area contributed by atoms with Crippen LogP contribution in [-0.4, -0.2) is 76.8 Å². The highest BCUT2D eigenvalue weighted by Crippen LogP contribution is 2.39. The number of imide groups is 1. The summed E-state index contributed by atoms with van der Waals surface area (Å²) >= 11 is 0.985. The Morgan fingerprint density at radius 1 is 1.16 bits per heavy atom. The lowest BCUT2D eigenvalue weighted by molar-refractivity contribution is -0.136. The number of likely N-dealkylation sites (tertiary alicyclic amines) is 2. The van der Waals surface area contributed by atoms with E-state index in [-0.39, 0.29) is 40.2 Å². The van der Waals surface area contributed by atoms with Crippen LogP contribution in [0.4, 0.5) is 4.79 Å². The Balaban J connectivity index is 1.58. The molecule has 140 valence electrons. The lowest BCUT2D eigenvalue weighted by Crippen LogP contribution is -2.48. The number of hydrogen-bond donors (Lipinski definition) is 0. The summed E-state index contributed by atoms with van der Waals surface area (Å²) in [5.41, 5.74) is 0.466. The van der Waals surface area contributed by atoms with Gasteiger partial charge in [-0.25, -0.2) is 0 Å². The predicted molar refractivity (Wildman–Crippen MR) is 98.3 cm³/mol. The first kappa shape index (κ1) is 18.7. The molecule has 0 aromatic heterocycles. The van der Waals surface area contributed by atoms with E-state index >= 15 is 0 Å². The molecule has 0 aromatic carbocycles. The number of hydrogen-bond acceptors (Lipinski definition) is 5. The average Bonchev–Trinajstić information content (AvgIpc) is 3.04. The van der Waals surface area contributed by atoms with Gasteiger partial charge < -0.3 is 9.80 Å². The lowest BCUT2D eigenvalue weighted by atomic mass is 9.78. The molecule has 3 aliphatic heterocycles. The fourth-order valence-electron chi connectivity index (χ4n) is 4.37. The van der Waals surface area contributed by atoms with Crippen LogP contribution in [0.3, 0.4) is 0 Å². The minimum absolute atomic E-state index is 0.0889. The lowest BCUT2D eigenvalue weighted by Gasteiger charge is -2.42. The maximum Gasteiger partial charge on any atom is 0.289 e. The molecule has 0 unspecified atom stereocenters. The van der Waals surface area contributed by atoms with Crippen LogP contribution in [0, 0.1) is 10.8 Å². The number of amides is 3. The van der Waals surface area contributed by atoms with Gasteiger partial charge in [0.2, 0.25) is 11.8 Å². The molecule has 1 atom stereocenters. The topological polar surface area (TPSA) is 60.9 Å². The van der Waals surface area contributed by atoms with Gasteiger partial charge in [-0.2, -0.15) is 0 Å². The molecule has 1 spiro atoms. The van der Waals surface area contributed by atoms with E-state index in [1.165, 1.54) is 6.42 Å². The number of rotatable bonds is 3. The molecule has 3 aliphatic rings. The fourth-order valence-corrected chi connectivity index (χ4v) is 5.09. The zero-order valence-corrected chi connectivity index (χ0v) is 16.4. The summed E-state index contributed by atoms with van der Waals surface area (Å²) in [6, 6.07) is 0. The second-order valence-electron chi connectivity index (χ2n) is 8.97. The molecule has 6 nitrogen and oxygen atoms in total. The van der Waals surface area contributed by atoms with E-state index in [4.69, 9.17) is 0 Å². The second kappa shape index (κ2) is 6.91. The third-order valence-electron chi connectivity index (χ3n) is 5.36. The monoisotopic (exact) mass is 367 g/mol. The highest BCUT2D eigenvalue weighted by Gasteiger charge is 2.44. The molecule has 3 amide bonds. The van der Waals surface area contributed by atoms with E-state index in [9.17, 15) is 14.4 Å². The van der Waals surface area contributed by atoms with Gasteiger partial charge in [0.1, 0.15) is 6.54 Å². The Morgan fingerprint density at radius 2 is 1.92 bits per heavy atom. The van der Waals surface area contributed by atoms with E-state index in [0.717, 1.165) is 62.2 Å². The summed E-state index contributed by atoms with van der Waals surface area (Å²) in [5.74, 6) is -0.169. The minimum Gasteiger partial charge on any atom is -0.341 e. The minimum atomic E-state index is -0.290. The molecular formula is C18H29N3O3S.